The van der Waals surface area contributed by atoms with Crippen molar-refractivity contribution >= 4 is 40.7 Å². The minimum Gasteiger partial charge on any atom is -0.258 e. The van der Waals surface area contributed by atoms with E-state index in [0.717, 1.165) is 15.4 Å². The first kappa shape index (κ1) is 14.2. The average molecular weight is 314 g/mol. The van der Waals surface area contributed by atoms with Gasteiger partial charge in [-0.25, -0.2) is 0 Å². The summed E-state index contributed by atoms with van der Waals surface area (Å²) >= 11 is 13.4. The minimum absolute atomic E-state index is 0.0871. The molecule has 19 heavy (non-hydrogen) atoms. The Morgan fingerprint density at radius 2 is 1.79 bits per heavy atom. The maximum absolute atomic E-state index is 10.7. The van der Waals surface area contributed by atoms with Crippen LogP contribution in [0, 0.1) is 17.0 Å². The lowest BCUT2D eigenvalue weighted by Crippen LogP contribution is -1.89. The smallest absolute Gasteiger partial charge is 0.258 e. The first-order chi connectivity index (χ1) is 8.97. The topological polar surface area (TPSA) is 43.1 Å². The highest BCUT2D eigenvalue weighted by Gasteiger charge is 2.10. The molecule has 0 heterocycles. The third kappa shape index (κ3) is 3.41. The first-order valence-electron chi connectivity index (χ1n) is 5.35. The number of nitrogens with zero attached hydrogens (tertiary/aromatic N) is 1. The largest absolute Gasteiger partial charge is 0.269 e. The molecule has 0 aliphatic carbocycles. The summed E-state index contributed by atoms with van der Waals surface area (Å²) in [6, 6.07) is 10.0. The van der Waals surface area contributed by atoms with Gasteiger partial charge in [-0.15, -0.1) is 0 Å². The maximum atomic E-state index is 10.7. The van der Waals surface area contributed by atoms with Crippen molar-refractivity contribution in [1.29, 1.82) is 0 Å². The van der Waals surface area contributed by atoms with Crippen molar-refractivity contribution < 1.29 is 4.92 Å². The zero-order valence-electron chi connectivity index (χ0n) is 9.89. The fourth-order valence-corrected chi connectivity index (χ4v) is 2.95. The number of non-ortho nitro benzene ring substituents is 1. The summed E-state index contributed by atoms with van der Waals surface area (Å²) in [5.41, 5.74) is 0.925. The third-order valence-corrected chi connectivity index (χ3v) is 4.40. The van der Waals surface area contributed by atoms with Crippen LogP contribution in [-0.2, 0) is 0 Å². The Hall–Kier alpha value is -1.23. The van der Waals surface area contributed by atoms with Gasteiger partial charge in [0.2, 0.25) is 0 Å². The normalized spacial score (nSPS) is 10.5. The Labute approximate surface area is 124 Å². The van der Waals surface area contributed by atoms with E-state index >= 15 is 0 Å². The molecule has 6 heteroatoms. The van der Waals surface area contributed by atoms with Gasteiger partial charge < -0.3 is 0 Å². The van der Waals surface area contributed by atoms with Crippen molar-refractivity contribution in [2.75, 3.05) is 0 Å². The fraction of sp³-hybridized carbons (Fsp3) is 0.0769. The molecule has 0 amide bonds. The monoisotopic (exact) mass is 313 g/mol. The van der Waals surface area contributed by atoms with Gasteiger partial charge in [-0.3, -0.25) is 10.1 Å². The summed E-state index contributed by atoms with van der Waals surface area (Å²) in [6.07, 6.45) is 0. The molecule has 98 valence electrons. The van der Waals surface area contributed by atoms with E-state index in [4.69, 9.17) is 23.2 Å². The Morgan fingerprint density at radius 3 is 2.37 bits per heavy atom. The predicted molar refractivity (Wildman–Crippen MR) is 78.4 cm³/mol. The van der Waals surface area contributed by atoms with E-state index in [9.17, 15) is 10.1 Å². The van der Waals surface area contributed by atoms with Gasteiger partial charge in [-0.05, 0) is 36.8 Å². The molecular formula is C13H9Cl2NO2S. The molecule has 0 bridgehead atoms. The lowest BCUT2D eigenvalue weighted by atomic mass is 10.2. The molecule has 0 saturated heterocycles. The zero-order valence-corrected chi connectivity index (χ0v) is 12.2. The molecule has 0 aromatic heterocycles. The Kier molecular flexibility index (Phi) is 4.34. The van der Waals surface area contributed by atoms with Crippen LogP contribution in [0.2, 0.25) is 10.0 Å². The van der Waals surface area contributed by atoms with Crippen LogP contribution in [-0.4, -0.2) is 4.92 Å². The standard InChI is InChI=1S/C13H9Cl2NO2S/c1-8-6-10(16(17)18)3-5-12(8)19-13-4-2-9(14)7-11(13)15/h2-7H,1H3. The maximum Gasteiger partial charge on any atom is 0.269 e. The number of hydrogen-bond donors (Lipinski definition) is 0. The molecular weight excluding hydrogens is 305 g/mol. The Bertz CT molecular complexity index is 647. The average Bonchev–Trinajstić information content (AvgIpc) is 2.34. The summed E-state index contributed by atoms with van der Waals surface area (Å²) in [7, 11) is 0. The summed E-state index contributed by atoms with van der Waals surface area (Å²) in [6.45, 7) is 1.83. The predicted octanol–water partition coefficient (Wildman–Crippen LogP) is 5.36. The van der Waals surface area contributed by atoms with Gasteiger partial charge in [0.1, 0.15) is 0 Å². The van der Waals surface area contributed by atoms with Crippen molar-refractivity contribution in [2.24, 2.45) is 0 Å². The van der Waals surface area contributed by atoms with Crippen LogP contribution in [0.15, 0.2) is 46.2 Å². The highest BCUT2D eigenvalue weighted by atomic mass is 35.5. The van der Waals surface area contributed by atoms with E-state index in [-0.39, 0.29) is 5.69 Å². The fourth-order valence-electron chi connectivity index (χ4n) is 1.54. The molecule has 2 rings (SSSR count). The third-order valence-electron chi connectivity index (χ3n) is 2.48. The van der Waals surface area contributed by atoms with Crippen LogP contribution >= 0.6 is 35.0 Å². The molecule has 0 atom stereocenters. The van der Waals surface area contributed by atoms with Crippen LogP contribution < -0.4 is 0 Å². The van der Waals surface area contributed by atoms with Gasteiger partial charge in [-0.2, -0.15) is 0 Å². The van der Waals surface area contributed by atoms with Crippen LogP contribution in [0.3, 0.4) is 0 Å². The lowest BCUT2D eigenvalue weighted by molar-refractivity contribution is -0.385. The molecule has 0 radical (unpaired) electrons. The van der Waals surface area contributed by atoms with Crippen LogP contribution in [0.1, 0.15) is 5.56 Å². The zero-order chi connectivity index (χ0) is 14.0. The highest BCUT2D eigenvalue weighted by Crippen LogP contribution is 2.37. The number of nitro benzene ring substituents is 1. The van der Waals surface area contributed by atoms with Crippen molar-refractivity contribution in [2.45, 2.75) is 16.7 Å². The molecule has 0 aliphatic rings. The summed E-state index contributed by atoms with van der Waals surface area (Å²) in [5, 5.41) is 11.8. The number of halogens is 2. The number of rotatable bonds is 3. The van der Waals surface area contributed by atoms with Crippen molar-refractivity contribution in [1.82, 2.24) is 0 Å². The van der Waals surface area contributed by atoms with Gasteiger partial charge in [0.15, 0.2) is 0 Å². The summed E-state index contributed by atoms with van der Waals surface area (Å²) in [5.74, 6) is 0. The second kappa shape index (κ2) is 5.82. The lowest BCUT2D eigenvalue weighted by Gasteiger charge is -2.07. The molecule has 3 nitrogen and oxygen atoms in total. The molecule has 0 unspecified atom stereocenters. The molecule has 2 aromatic rings. The van der Waals surface area contributed by atoms with E-state index in [0.29, 0.717) is 10.0 Å². The van der Waals surface area contributed by atoms with Crippen LogP contribution in [0.25, 0.3) is 0 Å². The second-order valence-electron chi connectivity index (χ2n) is 3.88. The number of benzene rings is 2. The van der Waals surface area contributed by atoms with Crippen molar-refractivity contribution in [3.63, 3.8) is 0 Å². The van der Waals surface area contributed by atoms with Gasteiger partial charge >= 0.3 is 0 Å². The molecule has 0 N–H and O–H groups in total. The van der Waals surface area contributed by atoms with Crippen molar-refractivity contribution in [3.05, 3.63) is 62.1 Å². The van der Waals surface area contributed by atoms with Crippen molar-refractivity contribution in [3.8, 4) is 0 Å². The molecule has 0 spiro atoms. The minimum atomic E-state index is -0.406. The SMILES string of the molecule is Cc1cc([N+](=O)[O-])ccc1Sc1ccc(Cl)cc1Cl. The van der Waals surface area contributed by atoms with E-state index in [1.807, 2.05) is 13.0 Å². The van der Waals surface area contributed by atoms with E-state index in [2.05, 4.69) is 0 Å². The Morgan fingerprint density at radius 1 is 1.11 bits per heavy atom. The molecule has 0 fully saturated rings. The van der Waals surface area contributed by atoms with Crippen LogP contribution in [0.4, 0.5) is 5.69 Å². The van der Waals surface area contributed by atoms with Gasteiger partial charge in [0.25, 0.3) is 5.69 Å². The first-order valence-corrected chi connectivity index (χ1v) is 6.92. The molecule has 2 aromatic carbocycles. The van der Waals surface area contributed by atoms with Crippen LogP contribution in [0.5, 0.6) is 0 Å². The summed E-state index contributed by atoms with van der Waals surface area (Å²) in [4.78, 5) is 12.1. The molecule has 0 saturated carbocycles. The second-order valence-corrected chi connectivity index (χ2v) is 5.81. The highest BCUT2D eigenvalue weighted by molar-refractivity contribution is 7.99. The Balaban J connectivity index is 2.31. The van der Waals surface area contributed by atoms with E-state index in [1.165, 1.54) is 17.8 Å². The molecule has 0 aliphatic heterocycles. The van der Waals surface area contributed by atoms with Gasteiger partial charge in [0.05, 0.1) is 9.95 Å². The number of aryl methyl sites for hydroxylation is 1. The quantitative estimate of drug-likeness (QED) is 0.565. The summed E-state index contributed by atoms with van der Waals surface area (Å²) < 4.78 is 0. The number of nitro groups is 1. The number of hydrogen-bond acceptors (Lipinski definition) is 3. The van der Waals surface area contributed by atoms with Gasteiger partial charge in [-0.1, -0.05) is 35.0 Å². The van der Waals surface area contributed by atoms with E-state index in [1.54, 1.807) is 24.3 Å². The van der Waals surface area contributed by atoms with E-state index < -0.39 is 4.92 Å². The van der Waals surface area contributed by atoms with Gasteiger partial charge in [0, 0.05) is 26.9 Å².